The summed E-state index contributed by atoms with van der Waals surface area (Å²) in [5, 5.41) is 11.5. The lowest BCUT2D eigenvalue weighted by molar-refractivity contribution is 0.639. The van der Waals surface area contributed by atoms with Crippen molar-refractivity contribution in [2.24, 2.45) is 0 Å². The SMILES string of the molecule is Fc1ccc(CNc2cnc3[nH]ncc3c2)c2ncccc12. The number of hydrogen-bond acceptors (Lipinski definition) is 4. The second kappa shape index (κ2) is 5.07. The predicted octanol–water partition coefficient (Wildman–Crippen LogP) is 3.26. The molecule has 0 saturated heterocycles. The first kappa shape index (κ1) is 12.7. The normalized spacial score (nSPS) is 11.1. The van der Waals surface area contributed by atoms with E-state index in [1.807, 2.05) is 6.07 Å². The van der Waals surface area contributed by atoms with Crippen LogP contribution < -0.4 is 5.32 Å². The van der Waals surface area contributed by atoms with Crippen molar-refractivity contribution in [2.75, 3.05) is 5.32 Å². The molecule has 0 atom stereocenters. The highest BCUT2D eigenvalue weighted by Gasteiger charge is 2.07. The second-order valence-electron chi connectivity index (χ2n) is 4.99. The van der Waals surface area contributed by atoms with Crippen LogP contribution in [0.1, 0.15) is 5.56 Å². The molecule has 108 valence electrons. The Labute approximate surface area is 125 Å². The minimum Gasteiger partial charge on any atom is -0.380 e. The van der Waals surface area contributed by atoms with Gasteiger partial charge in [-0.15, -0.1) is 0 Å². The molecule has 0 radical (unpaired) electrons. The second-order valence-corrected chi connectivity index (χ2v) is 4.99. The van der Waals surface area contributed by atoms with Gasteiger partial charge in [-0.1, -0.05) is 6.07 Å². The van der Waals surface area contributed by atoms with Crippen LogP contribution in [-0.4, -0.2) is 20.2 Å². The van der Waals surface area contributed by atoms with E-state index in [2.05, 4.69) is 25.5 Å². The van der Waals surface area contributed by atoms with Gasteiger partial charge in [0, 0.05) is 23.5 Å². The molecule has 22 heavy (non-hydrogen) atoms. The molecular weight excluding hydrogens is 281 g/mol. The summed E-state index contributed by atoms with van der Waals surface area (Å²) in [5.74, 6) is -0.256. The number of pyridine rings is 2. The Morgan fingerprint density at radius 3 is 3.05 bits per heavy atom. The van der Waals surface area contributed by atoms with Crippen LogP contribution in [0.2, 0.25) is 0 Å². The Morgan fingerprint density at radius 2 is 2.09 bits per heavy atom. The van der Waals surface area contributed by atoms with Crippen LogP contribution in [0.5, 0.6) is 0 Å². The Kier molecular flexibility index (Phi) is 2.93. The number of anilines is 1. The molecule has 0 spiro atoms. The van der Waals surface area contributed by atoms with Crippen molar-refractivity contribution in [3.8, 4) is 0 Å². The molecule has 0 saturated carbocycles. The summed E-state index contributed by atoms with van der Waals surface area (Å²) in [5.41, 5.74) is 3.23. The molecule has 1 aromatic carbocycles. The van der Waals surface area contributed by atoms with Crippen molar-refractivity contribution in [1.82, 2.24) is 20.2 Å². The average molecular weight is 293 g/mol. The molecule has 0 aliphatic carbocycles. The third-order valence-corrected chi connectivity index (χ3v) is 3.57. The summed E-state index contributed by atoms with van der Waals surface area (Å²) in [6.07, 6.45) is 5.13. The van der Waals surface area contributed by atoms with E-state index in [0.717, 1.165) is 22.3 Å². The van der Waals surface area contributed by atoms with E-state index in [-0.39, 0.29) is 5.82 Å². The van der Waals surface area contributed by atoms with Crippen molar-refractivity contribution >= 4 is 27.6 Å². The highest BCUT2D eigenvalue weighted by molar-refractivity contribution is 5.82. The number of benzene rings is 1. The molecule has 0 amide bonds. The van der Waals surface area contributed by atoms with Crippen LogP contribution >= 0.6 is 0 Å². The lowest BCUT2D eigenvalue weighted by Gasteiger charge is -2.09. The van der Waals surface area contributed by atoms with Gasteiger partial charge in [0.1, 0.15) is 5.82 Å². The fourth-order valence-corrected chi connectivity index (χ4v) is 2.47. The zero-order valence-electron chi connectivity index (χ0n) is 11.5. The van der Waals surface area contributed by atoms with Gasteiger partial charge in [-0.25, -0.2) is 9.37 Å². The molecule has 3 aromatic heterocycles. The number of fused-ring (bicyclic) bond motifs is 2. The lowest BCUT2D eigenvalue weighted by atomic mass is 10.1. The van der Waals surface area contributed by atoms with Crippen molar-refractivity contribution < 1.29 is 4.39 Å². The number of halogens is 1. The van der Waals surface area contributed by atoms with Gasteiger partial charge in [0.05, 0.1) is 23.6 Å². The fraction of sp³-hybridized carbons (Fsp3) is 0.0625. The molecule has 0 aliphatic heterocycles. The molecule has 4 rings (SSSR count). The van der Waals surface area contributed by atoms with Crippen molar-refractivity contribution in [3.63, 3.8) is 0 Å². The minimum atomic E-state index is -0.256. The van der Waals surface area contributed by atoms with Crippen LogP contribution in [0, 0.1) is 5.82 Å². The number of aromatic nitrogens is 4. The standard InChI is InChI=1S/C16H12FN5/c17-14-4-3-10(15-13(14)2-1-5-18-15)7-19-12-6-11-8-21-22-16(11)20-9-12/h1-6,8-9,19H,7H2,(H,20,21,22). The van der Waals surface area contributed by atoms with Gasteiger partial charge in [0.25, 0.3) is 0 Å². The van der Waals surface area contributed by atoms with Crippen molar-refractivity contribution in [1.29, 1.82) is 0 Å². The number of rotatable bonds is 3. The van der Waals surface area contributed by atoms with Crippen LogP contribution in [-0.2, 0) is 6.54 Å². The highest BCUT2D eigenvalue weighted by atomic mass is 19.1. The summed E-state index contributed by atoms with van der Waals surface area (Å²) < 4.78 is 13.8. The van der Waals surface area contributed by atoms with Gasteiger partial charge in [-0.05, 0) is 29.8 Å². The van der Waals surface area contributed by atoms with Crippen LogP contribution in [0.3, 0.4) is 0 Å². The number of nitrogens with one attached hydrogen (secondary N) is 2. The smallest absolute Gasteiger partial charge is 0.155 e. The molecular formula is C16H12FN5. The third-order valence-electron chi connectivity index (χ3n) is 3.57. The minimum absolute atomic E-state index is 0.256. The van der Waals surface area contributed by atoms with E-state index in [4.69, 9.17) is 0 Å². The predicted molar refractivity (Wildman–Crippen MR) is 82.9 cm³/mol. The zero-order valence-corrected chi connectivity index (χ0v) is 11.5. The first-order valence-electron chi connectivity index (χ1n) is 6.86. The molecule has 2 N–H and O–H groups in total. The van der Waals surface area contributed by atoms with E-state index in [9.17, 15) is 4.39 Å². The summed E-state index contributed by atoms with van der Waals surface area (Å²) in [4.78, 5) is 8.56. The Balaban J connectivity index is 1.65. The maximum Gasteiger partial charge on any atom is 0.155 e. The highest BCUT2D eigenvalue weighted by Crippen LogP contribution is 2.21. The first-order chi connectivity index (χ1) is 10.8. The van der Waals surface area contributed by atoms with Crippen LogP contribution in [0.15, 0.2) is 48.9 Å². The molecule has 3 heterocycles. The third kappa shape index (κ3) is 2.14. The first-order valence-corrected chi connectivity index (χ1v) is 6.86. The zero-order chi connectivity index (χ0) is 14.9. The Hall–Kier alpha value is -3.02. The molecule has 6 heteroatoms. The Bertz CT molecular complexity index is 963. The van der Waals surface area contributed by atoms with Crippen molar-refractivity contribution in [3.05, 3.63) is 60.3 Å². The lowest BCUT2D eigenvalue weighted by Crippen LogP contribution is -2.02. The topological polar surface area (TPSA) is 66.5 Å². The summed E-state index contributed by atoms with van der Waals surface area (Å²) >= 11 is 0. The van der Waals surface area contributed by atoms with Gasteiger partial charge in [-0.3, -0.25) is 10.1 Å². The van der Waals surface area contributed by atoms with Gasteiger partial charge >= 0.3 is 0 Å². The molecule has 0 fully saturated rings. The summed E-state index contributed by atoms with van der Waals surface area (Å²) in [6.45, 7) is 0.541. The van der Waals surface area contributed by atoms with E-state index in [1.54, 1.807) is 36.8 Å². The maximum atomic E-state index is 13.8. The Morgan fingerprint density at radius 1 is 1.14 bits per heavy atom. The molecule has 4 aromatic rings. The molecule has 0 aliphatic rings. The molecule has 0 unspecified atom stereocenters. The fourth-order valence-electron chi connectivity index (χ4n) is 2.47. The summed E-state index contributed by atoms with van der Waals surface area (Å²) in [6, 6.07) is 8.66. The van der Waals surface area contributed by atoms with Gasteiger partial charge in [0.15, 0.2) is 5.65 Å². The largest absolute Gasteiger partial charge is 0.380 e. The van der Waals surface area contributed by atoms with Gasteiger partial charge < -0.3 is 5.32 Å². The monoisotopic (exact) mass is 293 g/mol. The number of aromatic amines is 1. The van der Waals surface area contributed by atoms with E-state index in [1.165, 1.54) is 6.07 Å². The quantitative estimate of drug-likeness (QED) is 0.608. The van der Waals surface area contributed by atoms with Gasteiger partial charge in [-0.2, -0.15) is 5.10 Å². The van der Waals surface area contributed by atoms with Crippen molar-refractivity contribution in [2.45, 2.75) is 6.54 Å². The van der Waals surface area contributed by atoms with Crippen LogP contribution in [0.4, 0.5) is 10.1 Å². The molecule has 5 nitrogen and oxygen atoms in total. The molecule has 0 bridgehead atoms. The maximum absolute atomic E-state index is 13.8. The van der Waals surface area contributed by atoms with E-state index in [0.29, 0.717) is 17.4 Å². The number of H-pyrrole nitrogens is 1. The van der Waals surface area contributed by atoms with E-state index < -0.39 is 0 Å². The van der Waals surface area contributed by atoms with Gasteiger partial charge in [0.2, 0.25) is 0 Å². The number of nitrogens with zero attached hydrogens (tertiary/aromatic N) is 3. The average Bonchev–Trinajstić information content (AvgIpc) is 3.02. The summed E-state index contributed by atoms with van der Waals surface area (Å²) in [7, 11) is 0. The van der Waals surface area contributed by atoms with E-state index >= 15 is 0 Å². The van der Waals surface area contributed by atoms with Crippen LogP contribution in [0.25, 0.3) is 21.9 Å². The number of hydrogen-bond donors (Lipinski definition) is 2.